The minimum atomic E-state index is -0.208. The van der Waals surface area contributed by atoms with Gasteiger partial charge in [0.2, 0.25) is 0 Å². The monoisotopic (exact) mass is 394 g/mol. The zero-order valence-corrected chi connectivity index (χ0v) is 19.3. The minimum Gasteiger partial charge on any atom is -0.463 e. The van der Waals surface area contributed by atoms with E-state index in [1.54, 1.807) is 6.08 Å². The largest absolute Gasteiger partial charge is 0.463 e. The summed E-state index contributed by atoms with van der Waals surface area (Å²) < 4.78 is 5.09. The lowest BCUT2D eigenvalue weighted by Crippen LogP contribution is -2.01. The maximum absolute atomic E-state index is 11.1. The van der Waals surface area contributed by atoms with Gasteiger partial charge in [0.25, 0.3) is 0 Å². The minimum absolute atomic E-state index is 0.208. The van der Waals surface area contributed by atoms with Gasteiger partial charge < -0.3 is 4.74 Å². The maximum Gasteiger partial charge on any atom is 0.330 e. The highest BCUT2D eigenvalue weighted by atomic mass is 16.5. The topological polar surface area (TPSA) is 26.3 Å². The first-order valence-corrected chi connectivity index (χ1v) is 12.6. The van der Waals surface area contributed by atoms with E-state index in [2.05, 4.69) is 6.92 Å². The van der Waals surface area contributed by atoms with E-state index in [4.69, 9.17) is 4.74 Å². The average Bonchev–Trinajstić information content (AvgIpc) is 2.69. The molecule has 0 radical (unpaired) electrons. The number of unbranched alkanes of at least 4 members (excludes halogenated alkanes) is 19. The van der Waals surface area contributed by atoms with Gasteiger partial charge in [-0.25, -0.2) is 4.79 Å². The van der Waals surface area contributed by atoms with Gasteiger partial charge in [-0.1, -0.05) is 135 Å². The van der Waals surface area contributed by atoms with Crippen LogP contribution in [0.15, 0.2) is 12.2 Å². The molecule has 0 unspecified atom stereocenters. The highest BCUT2D eigenvalue weighted by Crippen LogP contribution is 2.14. The van der Waals surface area contributed by atoms with Gasteiger partial charge in [0.1, 0.15) is 0 Å². The molecule has 0 heterocycles. The zero-order chi connectivity index (χ0) is 20.5. The van der Waals surface area contributed by atoms with Crippen molar-refractivity contribution in [2.24, 2.45) is 0 Å². The van der Waals surface area contributed by atoms with E-state index in [-0.39, 0.29) is 5.97 Å². The Morgan fingerprint density at radius 3 is 1.21 bits per heavy atom. The van der Waals surface area contributed by atoms with Crippen LogP contribution >= 0.6 is 0 Å². The molecule has 2 nitrogen and oxygen atoms in total. The molecule has 0 bridgehead atoms. The second-order valence-corrected chi connectivity index (χ2v) is 8.39. The van der Waals surface area contributed by atoms with Crippen molar-refractivity contribution in [1.29, 1.82) is 0 Å². The second-order valence-electron chi connectivity index (χ2n) is 8.39. The zero-order valence-electron chi connectivity index (χ0n) is 19.3. The maximum atomic E-state index is 11.1. The lowest BCUT2D eigenvalue weighted by Gasteiger charge is -2.04. The summed E-state index contributed by atoms with van der Waals surface area (Å²) in [6.07, 6.45) is 31.0. The highest BCUT2D eigenvalue weighted by molar-refractivity contribution is 5.81. The van der Waals surface area contributed by atoms with E-state index in [1.807, 2.05) is 6.92 Å². The van der Waals surface area contributed by atoms with Crippen molar-refractivity contribution in [3.8, 4) is 0 Å². The van der Waals surface area contributed by atoms with Crippen LogP contribution in [0.25, 0.3) is 0 Å². The van der Waals surface area contributed by atoms with Crippen LogP contribution in [-0.4, -0.2) is 12.6 Å². The number of hydrogen-bond acceptors (Lipinski definition) is 2. The van der Waals surface area contributed by atoms with Crippen LogP contribution in [0.5, 0.6) is 0 Å². The highest BCUT2D eigenvalue weighted by Gasteiger charge is 1.97. The van der Waals surface area contributed by atoms with Crippen LogP contribution in [0, 0.1) is 0 Å². The molecule has 0 aromatic rings. The fourth-order valence-electron chi connectivity index (χ4n) is 3.71. The van der Waals surface area contributed by atoms with E-state index < -0.39 is 0 Å². The smallest absolute Gasteiger partial charge is 0.330 e. The van der Waals surface area contributed by atoms with Crippen LogP contribution in [0.3, 0.4) is 0 Å². The van der Waals surface area contributed by atoms with E-state index in [0.29, 0.717) is 6.61 Å². The van der Waals surface area contributed by atoms with Crippen molar-refractivity contribution in [1.82, 2.24) is 0 Å². The lowest BCUT2D eigenvalue weighted by molar-refractivity contribution is -0.137. The predicted molar refractivity (Wildman–Crippen MR) is 124 cm³/mol. The van der Waals surface area contributed by atoms with Gasteiger partial charge in [-0.2, -0.15) is 0 Å². The lowest BCUT2D eigenvalue weighted by atomic mass is 10.0. The molecule has 2 heteroatoms. The van der Waals surface area contributed by atoms with Crippen LogP contribution in [0.4, 0.5) is 0 Å². The number of esters is 1. The van der Waals surface area contributed by atoms with Crippen molar-refractivity contribution >= 4 is 5.97 Å². The fraction of sp³-hybridized carbons (Fsp3) is 0.885. The van der Waals surface area contributed by atoms with Crippen LogP contribution in [-0.2, 0) is 9.53 Å². The summed E-state index contributed by atoms with van der Waals surface area (Å²) in [5.41, 5.74) is 0. The van der Waals surface area contributed by atoms with Crippen LogP contribution in [0.1, 0.15) is 142 Å². The Morgan fingerprint density at radius 2 is 0.893 bits per heavy atom. The van der Waals surface area contributed by atoms with Crippen molar-refractivity contribution < 1.29 is 9.53 Å². The molecule has 0 aliphatic carbocycles. The molecule has 0 atom stereocenters. The molecular weight excluding hydrogens is 344 g/mol. The first kappa shape index (κ1) is 27.2. The van der Waals surface area contributed by atoms with Gasteiger partial charge in [0.15, 0.2) is 0 Å². The molecule has 166 valence electrons. The van der Waals surface area contributed by atoms with E-state index in [9.17, 15) is 4.79 Å². The Hall–Kier alpha value is -0.790. The summed E-state index contributed by atoms with van der Waals surface area (Å²) in [6, 6.07) is 0. The Balaban J connectivity index is 3.04. The van der Waals surface area contributed by atoms with Gasteiger partial charge in [-0.15, -0.1) is 0 Å². The molecule has 0 saturated heterocycles. The summed E-state index contributed by atoms with van der Waals surface area (Å²) in [6.45, 7) is 4.69. The van der Waals surface area contributed by atoms with Crippen molar-refractivity contribution in [3.05, 3.63) is 12.2 Å². The molecule has 0 fully saturated rings. The van der Waals surface area contributed by atoms with E-state index >= 15 is 0 Å². The van der Waals surface area contributed by atoms with Crippen molar-refractivity contribution in [3.63, 3.8) is 0 Å². The molecule has 0 saturated carbocycles. The Morgan fingerprint density at radius 1 is 0.571 bits per heavy atom. The van der Waals surface area contributed by atoms with Crippen LogP contribution < -0.4 is 0 Å². The SMILES string of the molecule is C/C=C/C(=O)OCCCCCCCCCCCCCCCCCCCCCC. The Kier molecular flexibility index (Phi) is 23.6. The Labute approximate surface area is 176 Å². The summed E-state index contributed by atoms with van der Waals surface area (Å²) in [5.74, 6) is -0.208. The van der Waals surface area contributed by atoms with Gasteiger partial charge in [-0.3, -0.25) is 0 Å². The third-order valence-corrected chi connectivity index (χ3v) is 5.54. The molecule has 0 N–H and O–H groups in total. The number of rotatable bonds is 22. The first-order valence-electron chi connectivity index (χ1n) is 12.6. The summed E-state index contributed by atoms with van der Waals surface area (Å²) in [5, 5.41) is 0. The van der Waals surface area contributed by atoms with Gasteiger partial charge in [-0.05, 0) is 13.3 Å². The van der Waals surface area contributed by atoms with Gasteiger partial charge in [0.05, 0.1) is 6.61 Å². The van der Waals surface area contributed by atoms with Crippen molar-refractivity contribution in [2.75, 3.05) is 6.61 Å². The third kappa shape index (κ3) is 23.2. The van der Waals surface area contributed by atoms with Gasteiger partial charge in [0, 0.05) is 6.08 Å². The molecule has 0 rings (SSSR count). The molecule has 0 amide bonds. The number of allylic oxidation sites excluding steroid dienone is 1. The standard InChI is InChI=1S/C26H50O2/c1-3-5-6-7-8-9-10-11-12-13-14-15-16-17-18-19-20-21-22-23-25-28-26(27)24-4-2/h4,24H,3,5-23,25H2,1-2H3/b24-4+. The number of hydrogen-bond donors (Lipinski definition) is 0. The molecule has 0 aliphatic rings. The van der Waals surface area contributed by atoms with Crippen molar-refractivity contribution in [2.45, 2.75) is 142 Å². The first-order chi connectivity index (χ1) is 13.8. The fourth-order valence-corrected chi connectivity index (χ4v) is 3.71. The molecule has 0 aliphatic heterocycles. The second kappa shape index (κ2) is 24.2. The van der Waals surface area contributed by atoms with E-state index in [1.165, 1.54) is 128 Å². The molecular formula is C26H50O2. The molecule has 0 aromatic carbocycles. The summed E-state index contributed by atoms with van der Waals surface area (Å²) in [4.78, 5) is 11.1. The number of ether oxygens (including phenoxy) is 1. The predicted octanol–water partition coefficient (Wildman–Crippen LogP) is 8.93. The quantitative estimate of drug-likeness (QED) is 0.104. The molecule has 0 aromatic heterocycles. The Bertz CT molecular complexity index is 335. The molecule has 0 spiro atoms. The normalized spacial score (nSPS) is 11.4. The summed E-state index contributed by atoms with van der Waals surface area (Å²) in [7, 11) is 0. The summed E-state index contributed by atoms with van der Waals surface area (Å²) >= 11 is 0. The average molecular weight is 395 g/mol. The van der Waals surface area contributed by atoms with E-state index in [0.717, 1.165) is 6.42 Å². The van der Waals surface area contributed by atoms with Crippen LogP contribution in [0.2, 0.25) is 0 Å². The van der Waals surface area contributed by atoms with Gasteiger partial charge >= 0.3 is 5.97 Å². The third-order valence-electron chi connectivity index (χ3n) is 5.54. The molecule has 28 heavy (non-hydrogen) atoms. The number of carbonyl (C=O) groups is 1. The number of carbonyl (C=O) groups excluding carboxylic acids is 1.